The molecule has 1 N–H and O–H groups in total. The number of aromatic nitrogens is 1. The normalized spacial score (nSPS) is 10.3. The highest BCUT2D eigenvalue weighted by Crippen LogP contribution is 2.26. The van der Waals surface area contributed by atoms with Crippen molar-refractivity contribution in [1.29, 1.82) is 0 Å². The largest absolute Gasteiger partial charge is 0.481 e. The van der Waals surface area contributed by atoms with Crippen LogP contribution >= 0.6 is 11.8 Å². The van der Waals surface area contributed by atoms with Gasteiger partial charge >= 0.3 is 0 Å². The lowest BCUT2D eigenvalue weighted by Crippen LogP contribution is -1.92. The summed E-state index contributed by atoms with van der Waals surface area (Å²) in [6.45, 7) is 0.0847. The summed E-state index contributed by atoms with van der Waals surface area (Å²) >= 11 is 1.72. The lowest BCUT2D eigenvalue weighted by atomic mass is 10.2. The van der Waals surface area contributed by atoms with Gasteiger partial charge in [0.1, 0.15) is 0 Å². The minimum atomic E-state index is 0.0847. The third-order valence-electron chi connectivity index (χ3n) is 2.54. The summed E-state index contributed by atoms with van der Waals surface area (Å²) in [6.07, 6.45) is 1.73. The topological polar surface area (TPSA) is 42.4 Å². The number of thioether (sulfide) groups is 1. The van der Waals surface area contributed by atoms with Crippen molar-refractivity contribution in [2.45, 2.75) is 17.3 Å². The lowest BCUT2D eigenvalue weighted by Gasteiger charge is -2.06. The Labute approximate surface area is 111 Å². The minimum absolute atomic E-state index is 0.0847. The quantitative estimate of drug-likeness (QED) is 0.840. The highest BCUT2D eigenvalue weighted by atomic mass is 32.2. The summed E-state index contributed by atoms with van der Waals surface area (Å²) in [5.41, 5.74) is 2.01. The van der Waals surface area contributed by atoms with E-state index < -0.39 is 0 Å². The zero-order chi connectivity index (χ0) is 12.8. The summed E-state index contributed by atoms with van der Waals surface area (Å²) in [5.74, 6) is 1.49. The summed E-state index contributed by atoms with van der Waals surface area (Å²) < 4.78 is 5.21. The van der Waals surface area contributed by atoms with Crippen molar-refractivity contribution in [2.75, 3.05) is 7.11 Å². The highest BCUT2D eigenvalue weighted by molar-refractivity contribution is 7.98. The molecule has 0 unspecified atom stereocenters. The first-order valence-electron chi connectivity index (χ1n) is 5.64. The summed E-state index contributed by atoms with van der Waals surface area (Å²) in [6, 6.07) is 11.8. The van der Waals surface area contributed by atoms with E-state index in [4.69, 9.17) is 9.84 Å². The SMILES string of the molecule is COc1ncccc1CSc1ccc(CO)cc1. The average molecular weight is 261 g/mol. The minimum Gasteiger partial charge on any atom is -0.481 e. The predicted octanol–water partition coefficient (Wildman–Crippen LogP) is 2.87. The molecular weight excluding hydrogens is 246 g/mol. The Hall–Kier alpha value is -1.52. The first-order chi connectivity index (χ1) is 8.83. The summed E-state index contributed by atoms with van der Waals surface area (Å²) in [5, 5.41) is 8.97. The number of hydrogen-bond donors (Lipinski definition) is 1. The van der Waals surface area contributed by atoms with E-state index in [9.17, 15) is 0 Å². The van der Waals surface area contributed by atoms with Crippen molar-refractivity contribution in [3.8, 4) is 5.88 Å². The third kappa shape index (κ3) is 3.24. The van der Waals surface area contributed by atoms with Crippen LogP contribution in [-0.2, 0) is 12.4 Å². The number of ether oxygens (including phenoxy) is 1. The molecule has 0 aliphatic carbocycles. The second-order valence-corrected chi connectivity index (χ2v) is 4.81. The molecule has 0 fully saturated rings. The second kappa shape index (κ2) is 6.42. The maximum atomic E-state index is 8.97. The smallest absolute Gasteiger partial charge is 0.217 e. The number of aliphatic hydroxyl groups excluding tert-OH is 1. The molecule has 4 heteroatoms. The van der Waals surface area contributed by atoms with Gasteiger partial charge in [0.05, 0.1) is 13.7 Å². The predicted molar refractivity (Wildman–Crippen MR) is 72.7 cm³/mol. The number of benzene rings is 1. The molecule has 94 valence electrons. The molecule has 0 spiro atoms. The molecule has 0 amide bonds. The Bertz CT molecular complexity index is 499. The Kier molecular flexibility index (Phi) is 4.61. The second-order valence-electron chi connectivity index (χ2n) is 3.76. The fourth-order valence-corrected chi connectivity index (χ4v) is 2.44. The van der Waals surface area contributed by atoms with Gasteiger partial charge in [-0.3, -0.25) is 0 Å². The lowest BCUT2D eigenvalue weighted by molar-refractivity contribution is 0.282. The maximum absolute atomic E-state index is 8.97. The highest BCUT2D eigenvalue weighted by Gasteiger charge is 2.04. The Balaban J connectivity index is 2.02. The zero-order valence-electron chi connectivity index (χ0n) is 10.2. The third-order valence-corrected chi connectivity index (χ3v) is 3.60. The molecule has 0 aliphatic rings. The van der Waals surface area contributed by atoms with Gasteiger partial charge in [0, 0.05) is 22.4 Å². The number of aliphatic hydroxyl groups is 1. The Morgan fingerprint density at radius 1 is 1.22 bits per heavy atom. The van der Waals surface area contributed by atoms with Crippen molar-refractivity contribution >= 4 is 11.8 Å². The molecule has 2 rings (SSSR count). The Morgan fingerprint density at radius 2 is 2.00 bits per heavy atom. The van der Waals surface area contributed by atoms with Crippen LogP contribution in [0.4, 0.5) is 0 Å². The number of methoxy groups -OCH3 is 1. The monoisotopic (exact) mass is 261 g/mol. The van der Waals surface area contributed by atoms with Crippen LogP contribution in [0.3, 0.4) is 0 Å². The Morgan fingerprint density at radius 3 is 2.67 bits per heavy atom. The van der Waals surface area contributed by atoms with Gasteiger partial charge in [-0.15, -0.1) is 11.8 Å². The van der Waals surface area contributed by atoms with Crippen molar-refractivity contribution < 1.29 is 9.84 Å². The van der Waals surface area contributed by atoms with Crippen LogP contribution in [0.1, 0.15) is 11.1 Å². The van der Waals surface area contributed by atoms with E-state index in [0.717, 1.165) is 21.8 Å². The van der Waals surface area contributed by atoms with E-state index in [2.05, 4.69) is 4.98 Å². The average Bonchev–Trinajstić information content (AvgIpc) is 2.46. The van der Waals surface area contributed by atoms with E-state index in [1.165, 1.54) is 0 Å². The molecule has 0 bridgehead atoms. The standard InChI is InChI=1S/C14H15NO2S/c1-17-14-12(3-2-8-15-14)10-18-13-6-4-11(9-16)5-7-13/h2-8,16H,9-10H2,1H3. The molecule has 1 aromatic heterocycles. The number of rotatable bonds is 5. The van der Waals surface area contributed by atoms with Crippen LogP contribution in [0, 0.1) is 0 Å². The molecule has 2 aromatic rings. The van der Waals surface area contributed by atoms with Gasteiger partial charge in [0.2, 0.25) is 5.88 Å². The van der Waals surface area contributed by atoms with E-state index in [1.807, 2.05) is 36.4 Å². The van der Waals surface area contributed by atoms with Crippen LogP contribution in [0.2, 0.25) is 0 Å². The molecule has 1 heterocycles. The fourth-order valence-electron chi connectivity index (χ4n) is 1.57. The van der Waals surface area contributed by atoms with Crippen LogP contribution < -0.4 is 4.74 Å². The maximum Gasteiger partial charge on any atom is 0.217 e. The molecule has 0 radical (unpaired) electrons. The van der Waals surface area contributed by atoms with Crippen molar-refractivity contribution in [1.82, 2.24) is 4.98 Å². The summed E-state index contributed by atoms with van der Waals surface area (Å²) in [4.78, 5) is 5.33. The first kappa shape index (κ1) is 12.9. The molecule has 0 aliphatic heterocycles. The molecule has 3 nitrogen and oxygen atoms in total. The molecule has 0 saturated heterocycles. The van der Waals surface area contributed by atoms with E-state index in [-0.39, 0.29) is 6.61 Å². The van der Waals surface area contributed by atoms with Crippen molar-refractivity contribution in [2.24, 2.45) is 0 Å². The van der Waals surface area contributed by atoms with Crippen molar-refractivity contribution in [3.63, 3.8) is 0 Å². The van der Waals surface area contributed by atoms with Gasteiger partial charge in [-0.2, -0.15) is 0 Å². The first-order valence-corrected chi connectivity index (χ1v) is 6.62. The van der Waals surface area contributed by atoms with Crippen LogP contribution in [0.15, 0.2) is 47.5 Å². The van der Waals surface area contributed by atoms with Gasteiger partial charge in [0.15, 0.2) is 0 Å². The van der Waals surface area contributed by atoms with Gasteiger partial charge in [-0.05, 0) is 23.8 Å². The summed E-state index contributed by atoms with van der Waals surface area (Å²) in [7, 11) is 1.63. The van der Waals surface area contributed by atoms with Gasteiger partial charge < -0.3 is 9.84 Å². The van der Waals surface area contributed by atoms with E-state index in [1.54, 1.807) is 25.1 Å². The van der Waals surface area contributed by atoms with Gasteiger partial charge in [-0.1, -0.05) is 18.2 Å². The number of nitrogens with zero attached hydrogens (tertiary/aromatic N) is 1. The molecular formula is C14H15NO2S. The molecule has 0 atom stereocenters. The van der Waals surface area contributed by atoms with Gasteiger partial charge in [-0.25, -0.2) is 4.98 Å². The van der Waals surface area contributed by atoms with Crippen LogP contribution in [-0.4, -0.2) is 17.2 Å². The van der Waals surface area contributed by atoms with Crippen LogP contribution in [0.25, 0.3) is 0 Å². The van der Waals surface area contributed by atoms with Crippen LogP contribution in [0.5, 0.6) is 5.88 Å². The van der Waals surface area contributed by atoms with E-state index >= 15 is 0 Å². The van der Waals surface area contributed by atoms with E-state index in [0.29, 0.717) is 5.88 Å². The van der Waals surface area contributed by atoms with Gasteiger partial charge in [0.25, 0.3) is 0 Å². The molecule has 0 saturated carbocycles. The molecule has 18 heavy (non-hydrogen) atoms. The fraction of sp³-hybridized carbons (Fsp3) is 0.214. The number of pyridine rings is 1. The molecule has 1 aromatic carbocycles. The zero-order valence-corrected chi connectivity index (χ0v) is 11.0. The van der Waals surface area contributed by atoms with Crippen molar-refractivity contribution in [3.05, 3.63) is 53.7 Å². The number of hydrogen-bond acceptors (Lipinski definition) is 4.